The van der Waals surface area contributed by atoms with Crippen molar-refractivity contribution in [2.75, 3.05) is 54.1 Å². The van der Waals surface area contributed by atoms with Gasteiger partial charge in [0.15, 0.2) is 23.0 Å². The molecule has 2 aromatic rings. The second-order valence-electron chi connectivity index (χ2n) is 8.68. The molecule has 4 rings (SSSR count). The van der Waals surface area contributed by atoms with E-state index < -0.39 is 6.09 Å². The molecule has 2 fully saturated rings. The average Bonchev–Trinajstić information content (AvgIpc) is 3.23. The van der Waals surface area contributed by atoms with E-state index in [0.29, 0.717) is 55.5 Å². The van der Waals surface area contributed by atoms with Crippen LogP contribution in [0.1, 0.15) is 11.1 Å². The summed E-state index contributed by atoms with van der Waals surface area (Å²) >= 11 is 0. The molecule has 9 nitrogen and oxygen atoms in total. The lowest BCUT2D eigenvalue weighted by molar-refractivity contribution is -0.141. The van der Waals surface area contributed by atoms with Crippen molar-refractivity contribution in [3.8, 4) is 23.0 Å². The standard InChI is InChI=1S/C26H32N2O7/c1-31-21-6-4-17(14-23(21)32-2)12-19-16-34-25(29)20(19)13-18-5-7-22(24(15-18)33-3)35-26(30)28-10-8-27-9-11-28/h4-7,14-15,19-20,27H,8-13,16H2,1-3H3/t19-,20+/m0/s1. The maximum Gasteiger partial charge on any atom is 0.415 e. The first kappa shape index (κ1) is 24.7. The van der Waals surface area contributed by atoms with E-state index in [-0.39, 0.29) is 17.8 Å². The number of nitrogens with one attached hydrogen (secondary N) is 1. The number of esters is 1. The minimum Gasteiger partial charge on any atom is -0.493 e. The van der Waals surface area contributed by atoms with E-state index in [4.69, 9.17) is 23.7 Å². The fourth-order valence-corrected chi connectivity index (χ4v) is 4.55. The SMILES string of the molecule is COc1ccc(C[C@H]2COC(=O)[C@@H]2Cc2ccc(OC(=O)N3CCNCC3)c(OC)c2)cc1OC. The van der Waals surface area contributed by atoms with Gasteiger partial charge in [-0.1, -0.05) is 12.1 Å². The van der Waals surface area contributed by atoms with Crippen molar-refractivity contribution >= 4 is 12.1 Å². The van der Waals surface area contributed by atoms with Crippen molar-refractivity contribution in [3.63, 3.8) is 0 Å². The highest BCUT2D eigenvalue weighted by Crippen LogP contribution is 2.35. The number of carbonyl (C=O) groups excluding carboxylic acids is 2. The van der Waals surface area contributed by atoms with Crippen molar-refractivity contribution in [1.82, 2.24) is 10.2 Å². The van der Waals surface area contributed by atoms with Crippen LogP contribution in [0.5, 0.6) is 23.0 Å². The van der Waals surface area contributed by atoms with Crippen LogP contribution in [0.15, 0.2) is 36.4 Å². The van der Waals surface area contributed by atoms with Crippen molar-refractivity contribution in [2.45, 2.75) is 12.8 Å². The Morgan fingerprint density at radius 1 is 0.914 bits per heavy atom. The molecule has 188 valence electrons. The number of amides is 1. The summed E-state index contributed by atoms with van der Waals surface area (Å²) in [7, 11) is 4.73. The van der Waals surface area contributed by atoms with Crippen molar-refractivity contribution in [1.29, 1.82) is 0 Å². The summed E-state index contributed by atoms with van der Waals surface area (Å²) in [5.41, 5.74) is 1.95. The molecular weight excluding hydrogens is 452 g/mol. The highest BCUT2D eigenvalue weighted by Gasteiger charge is 2.37. The number of hydrogen-bond acceptors (Lipinski definition) is 8. The molecule has 1 N–H and O–H groups in total. The number of cyclic esters (lactones) is 1. The molecular formula is C26H32N2O7. The number of hydrogen-bond donors (Lipinski definition) is 1. The molecule has 2 aliphatic heterocycles. The van der Waals surface area contributed by atoms with Gasteiger partial charge < -0.3 is 33.9 Å². The van der Waals surface area contributed by atoms with Gasteiger partial charge in [0.25, 0.3) is 0 Å². The molecule has 0 aliphatic carbocycles. The second kappa shape index (κ2) is 11.3. The van der Waals surface area contributed by atoms with Crippen LogP contribution in [0.3, 0.4) is 0 Å². The van der Waals surface area contributed by atoms with Crippen LogP contribution in [0, 0.1) is 11.8 Å². The van der Waals surface area contributed by atoms with Crippen molar-refractivity contribution < 1.29 is 33.3 Å². The quantitative estimate of drug-likeness (QED) is 0.572. The molecule has 0 unspecified atom stereocenters. The molecule has 2 atom stereocenters. The number of rotatable bonds is 8. The molecule has 0 bridgehead atoms. The summed E-state index contributed by atoms with van der Waals surface area (Å²) in [6.07, 6.45) is 0.778. The fourth-order valence-electron chi connectivity index (χ4n) is 4.55. The van der Waals surface area contributed by atoms with Crippen molar-refractivity contribution in [3.05, 3.63) is 47.5 Å². The fraction of sp³-hybridized carbons (Fsp3) is 0.462. The Kier molecular flexibility index (Phi) is 7.97. The van der Waals surface area contributed by atoms with Crippen LogP contribution in [0.25, 0.3) is 0 Å². The lowest BCUT2D eigenvalue weighted by Crippen LogP contribution is -2.47. The third-order valence-corrected chi connectivity index (χ3v) is 6.51. The zero-order chi connectivity index (χ0) is 24.8. The van der Waals surface area contributed by atoms with Gasteiger partial charge in [-0.05, 0) is 48.2 Å². The molecule has 1 amide bonds. The molecule has 2 aromatic carbocycles. The summed E-state index contributed by atoms with van der Waals surface area (Å²) in [6.45, 7) is 3.06. The summed E-state index contributed by atoms with van der Waals surface area (Å²) in [6, 6.07) is 11.2. The number of benzene rings is 2. The smallest absolute Gasteiger partial charge is 0.415 e. The minimum absolute atomic E-state index is 0.0248. The van der Waals surface area contributed by atoms with E-state index in [1.807, 2.05) is 30.3 Å². The van der Waals surface area contributed by atoms with E-state index in [1.54, 1.807) is 25.2 Å². The molecule has 9 heteroatoms. The van der Waals surface area contributed by atoms with Crippen LogP contribution in [0.2, 0.25) is 0 Å². The van der Waals surface area contributed by atoms with Gasteiger partial charge in [-0.3, -0.25) is 4.79 Å². The third kappa shape index (κ3) is 5.79. The molecule has 2 saturated heterocycles. The van der Waals surface area contributed by atoms with E-state index in [2.05, 4.69) is 5.32 Å². The minimum atomic E-state index is -0.396. The van der Waals surface area contributed by atoms with Crippen LogP contribution < -0.4 is 24.3 Å². The first-order valence-electron chi connectivity index (χ1n) is 11.7. The number of nitrogens with zero attached hydrogens (tertiary/aromatic N) is 1. The molecule has 0 radical (unpaired) electrons. The lowest BCUT2D eigenvalue weighted by atomic mass is 9.85. The van der Waals surface area contributed by atoms with Crippen LogP contribution in [0.4, 0.5) is 4.79 Å². The van der Waals surface area contributed by atoms with Gasteiger partial charge in [0.2, 0.25) is 0 Å². The van der Waals surface area contributed by atoms with Gasteiger partial charge in [-0.25, -0.2) is 4.79 Å². The van der Waals surface area contributed by atoms with Crippen LogP contribution in [-0.4, -0.2) is 71.1 Å². The summed E-state index contributed by atoms with van der Waals surface area (Å²) < 4.78 is 27.2. The van der Waals surface area contributed by atoms with E-state index >= 15 is 0 Å². The highest BCUT2D eigenvalue weighted by atomic mass is 16.6. The Bertz CT molecular complexity index is 1050. The maximum absolute atomic E-state index is 12.6. The largest absolute Gasteiger partial charge is 0.493 e. The normalized spacial score (nSPS) is 19.7. The number of carbonyl (C=O) groups is 2. The van der Waals surface area contributed by atoms with E-state index in [1.165, 1.54) is 7.11 Å². The lowest BCUT2D eigenvalue weighted by Gasteiger charge is -2.26. The van der Waals surface area contributed by atoms with Crippen LogP contribution in [-0.2, 0) is 22.4 Å². The zero-order valence-corrected chi connectivity index (χ0v) is 20.4. The van der Waals surface area contributed by atoms with E-state index in [9.17, 15) is 9.59 Å². The summed E-state index contributed by atoms with van der Waals surface area (Å²) in [4.78, 5) is 26.7. The van der Waals surface area contributed by atoms with Gasteiger partial charge in [-0.15, -0.1) is 0 Å². The molecule has 0 aromatic heterocycles. The topological polar surface area (TPSA) is 95.6 Å². The highest BCUT2D eigenvalue weighted by molar-refractivity contribution is 5.75. The zero-order valence-electron chi connectivity index (χ0n) is 20.4. The molecule has 2 aliphatic rings. The summed E-state index contributed by atoms with van der Waals surface area (Å²) in [5.74, 6) is 1.66. The maximum atomic E-state index is 12.6. The number of methoxy groups -OCH3 is 3. The molecule has 0 saturated carbocycles. The first-order chi connectivity index (χ1) is 17.0. The third-order valence-electron chi connectivity index (χ3n) is 6.51. The van der Waals surface area contributed by atoms with Crippen LogP contribution >= 0.6 is 0 Å². The monoisotopic (exact) mass is 484 g/mol. The number of piperazine rings is 1. The first-order valence-corrected chi connectivity index (χ1v) is 11.7. The Morgan fingerprint density at radius 2 is 1.51 bits per heavy atom. The molecule has 0 spiro atoms. The second-order valence-corrected chi connectivity index (χ2v) is 8.68. The Hall–Kier alpha value is -3.46. The van der Waals surface area contributed by atoms with Gasteiger partial charge in [-0.2, -0.15) is 0 Å². The molecule has 2 heterocycles. The predicted molar refractivity (Wildman–Crippen MR) is 128 cm³/mol. The average molecular weight is 485 g/mol. The predicted octanol–water partition coefficient (Wildman–Crippen LogP) is 2.69. The van der Waals surface area contributed by atoms with Gasteiger partial charge in [0, 0.05) is 32.1 Å². The van der Waals surface area contributed by atoms with Crippen molar-refractivity contribution in [2.24, 2.45) is 11.8 Å². The van der Waals surface area contributed by atoms with E-state index in [0.717, 1.165) is 24.2 Å². The molecule has 35 heavy (non-hydrogen) atoms. The summed E-state index contributed by atoms with van der Waals surface area (Å²) in [5, 5.41) is 3.21. The van der Waals surface area contributed by atoms with Gasteiger partial charge in [0.05, 0.1) is 33.9 Å². The Balaban J connectivity index is 1.45. The van der Waals surface area contributed by atoms with Gasteiger partial charge >= 0.3 is 12.1 Å². The Morgan fingerprint density at radius 3 is 2.17 bits per heavy atom. The Labute approximate surface area is 205 Å². The van der Waals surface area contributed by atoms with Gasteiger partial charge in [0.1, 0.15) is 0 Å². The number of ether oxygens (including phenoxy) is 5.